The maximum atomic E-state index is 6.75. The molecule has 1 aromatic heterocycles. The minimum atomic E-state index is 0.361. The van der Waals surface area contributed by atoms with Crippen molar-refractivity contribution in [2.24, 2.45) is 0 Å². The van der Waals surface area contributed by atoms with Crippen molar-refractivity contribution in [3.63, 3.8) is 0 Å². The fraction of sp³-hybridized carbons (Fsp3) is 0.0385. The summed E-state index contributed by atoms with van der Waals surface area (Å²) >= 11 is 2.00. The maximum Gasteiger partial charge on any atom is 0.136 e. The summed E-state index contributed by atoms with van der Waals surface area (Å²) < 4.78 is 6.75. The molecular weight excluding hydrogens is 673 g/mol. The monoisotopic (exact) mass is 704 g/mol. The largest absolute Gasteiger partial charge is 0.456 e. The van der Waals surface area contributed by atoms with Gasteiger partial charge in [-0.15, -0.1) is 11.8 Å². The molecule has 12 rings (SSSR count). The van der Waals surface area contributed by atoms with Crippen molar-refractivity contribution >= 4 is 82.4 Å². The summed E-state index contributed by atoms with van der Waals surface area (Å²) in [6, 6.07) is 60.1. The molecule has 252 valence electrons. The van der Waals surface area contributed by atoms with E-state index in [1.807, 2.05) is 11.8 Å². The van der Waals surface area contributed by atoms with Gasteiger partial charge in [0.25, 0.3) is 0 Å². The van der Waals surface area contributed by atoms with Gasteiger partial charge in [0.05, 0.1) is 0 Å². The number of rotatable bonds is 3. The molecule has 54 heavy (non-hydrogen) atoms. The summed E-state index contributed by atoms with van der Waals surface area (Å²) in [6.45, 7) is 0. The molecule has 2 aliphatic rings. The first kappa shape index (κ1) is 30.1. The average molecular weight is 705 g/mol. The van der Waals surface area contributed by atoms with E-state index in [9.17, 15) is 0 Å². The molecule has 0 bridgehead atoms. The quantitative estimate of drug-likeness (QED) is 0.170. The summed E-state index contributed by atoms with van der Waals surface area (Å²) in [5, 5.41) is 12.9. The molecule has 0 fully saturated rings. The van der Waals surface area contributed by atoms with Gasteiger partial charge >= 0.3 is 0 Å². The third-order valence-electron chi connectivity index (χ3n) is 11.8. The lowest BCUT2D eigenvalue weighted by Crippen LogP contribution is -2.08. The predicted octanol–water partition coefficient (Wildman–Crippen LogP) is 14.7. The first-order chi connectivity index (χ1) is 26.8. The Morgan fingerprint density at radius 3 is 1.74 bits per heavy atom. The highest BCUT2D eigenvalue weighted by atomic mass is 32.2. The number of allylic oxidation sites excluding steroid dienone is 3. The van der Waals surface area contributed by atoms with Crippen LogP contribution in [0.15, 0.2) is 191 Å². The standard InChI is InChI=1S/C52H32OS/c1-3-13-36-31(10-1)12-9-19-40(36)51-43-17-7-5-15-41(43)50(42-16-6-8-18-44(42)51)35-22-25-39-38-24-21-34(29-47(38)53-48(39)30-35)33-23-27-49-46(28-33)45-26-20-32-11-2-4-14-37(32)52(45)54-49/h1-30,46,49H. The van der Waals surface area contributed by atoms with Crippen LogP contribution in [0.4, 0.5) is 0 Å². The van der Waals surface area contributed by atoms with Crippen molar-refractivity contribution in [1.82, 2.24) is 0 Å². The van der Waals surface area contributed by atoms with Crippen LogP contribution in [0.3, 0.4) is 0 Å². The topological polar surface area (TPSA) is 13.1 Å². The minimum Gasteiger partial charge on any atom is -0.456 e. The van der Waals surface area contributed by atoms with E-state index in [1.165, 1.54) is 81.4 Å². The molecule has 2 unspecified atom stereocenters. The first-order valence-electron chi connectivity index (χ1n) is 18.7. The van der Waals surface area contributed by atoms with Gasteiger partial charge in [0.1, 0.15) is 11.2 Å². The third kappa shape index (κ3) is 4.41. The second-order valence-electron chi connectivity index (χ2n) is 14.7. The van der Waals surface area contributed by atoms with Gasteiger partial charge in [0, 0.05) is 26.8 Å². The fourth-order valence-corrected chi connectivity index (χ4v) is 10.8. The fourth-order valence-electron chi connectivity index (χ4n) is 9.31. The van der Waals surface area contributed by atoms with Crippen molar-refractivity contribution in [3.05, 3.63) is 193 Å². The number of thioether (sulfide) groups is 1. The summed E-state index contributed by atoms with van der Waals surface area (Å²) in [5.74, 6) is 0.361. The molecule has 0 saturated carbocycles. The van der Waals surface area contributed by atoms with Gasteiger partial charge in [-0.25, -0.2) is 0 Å². The third-order valence-corrected chi connectivity index (χ3v) is 13.2. The predicted molar refractivity (Wildman–Crippen MR) is 231 cm³/mol. The van der Waals surface area contributed by atoms with E-state index < -0.39 is 0 Å². The van der Waals surface area contributed by atoms with Crippen molar-refractivity contribution in [1.29, 1.82) is 0 Å². The number of hydrogen-bond donors (Lipinski definition) is 0. The van der Waals surface area contributed by atoms with Gasteiger partial charge in [-0.3, -0.25) is 0 Å². The van der Waals surface area contributed by atoms with Gasteiger partial charge < -0.3 is 4.42 Å². The van der Waals surface area contributed by atoms with Crippen molar-refractivity contribution in [3.8, 4) is 22.3 Å². The second kappa shape index (κ2) is 11.6. The highest BCUT2D eigenvalue weighted by Gasteiger charge is 2.33. The Morgan fingerprint density at radius 2 is 1.02 bits per heavy atom. The van der Waals surface area contributed by atoms with E-state index >= 15 is 0 Å². The molecule has 9 aromatic carbocycles. The molecular formula is C52H32OS. The Kier molecular flexibility index (Phi) is 6.46. The summed E-state index contributed by atoms with van der Waals surface area (Å²) in [7, 11) is 0. The highest BCUT2D eigenvalue weighted by molar-refractivity contribution is 8.00. The Morgan fingerprint density at radius 1 is 0.444 bits per heavy atom. The number of hydrogen-bond acceptors (Lipinski definition) is 2. The number of furan rings is 1. The van der Waals surface area contributed by atoms with Crippen LogP contribution < -0.4 is 0 Å². The summed E-state index contributed by atoms with van der Waals surface area (Å²) in [4.78, 5) is 1.43. The highest BCUT2D eigenvalue weighted by Crippen LogP contribution is 2.52. The molecule has 2 heterocycles. The van der Waals surface area contributed by atoms with Crippen LogP contribution in [0.25, 0.3) is 92.9 Å². The Hall–Kier alpha value is -6.35. The molecule has 0 spiro atoms. The van der Waals surface area contributed by atoms with E-state index in [0.29, 0.717) is 11.2 Å². The Labute approximate surface area is 316 Å². The Balaban J connectivity index is 0.987. The number of benzene rings is 9. The van der Waals surface area contributed by atoms with Crippen LogP contribution >= 0.6 is 11.8 Å². The van der Waals surface area contributed by atoms with Crippen LogP contribution in [0.1, 0.15) is 17.0 Å². The molecule has 1 nitrogen and oxygen atoms in total. The van der Waals surface area contributed by atoms with Crippen LogP contribution in [-0.2, 0) is 0 Å². The van der Waals surface area contributed by atoms with E-state index in [-0.39, 0.29) is 0 Å². The normalized spacial score (nSPS) is 16.5. The van der Waals surface area contributed by atoms with Gasteiger partial charge in [0.2, 0.25) is 0 Å². The Bertz CT molecular complexity index is 3210. The lowest BCUT2D eigenvalue weighted by molar-refractivity contribution is 0.669. The van der Waals surface area contributed by atoms with E-state index in [4.69, 9.17) is 4.42 Å². The van der Waals surface area contributed by atoms with E-state index in [1.54, 1.807) is 0 Å². The molecule has 0 saturated heterocycles. The van der Waals surface area contributed by atoms with E-state index in [0.717, 1.165) is 27.5 Å². The van der Waals surface area contributed by atoms with Gasteiger partial charge in [-0.1, -0.05) is 158 Å². The molecule has 2 heteroatoms. The van der Waals surface area contributed by atoms with Crippen molar-refractivity contribution in [2.45, 2.75) is 16.1 Å². The molecule has 10 aromatic rings. The van der Waals surface area contributed by atoms with Crippen LogP contribution in [-0.4, -0.2) is 5.25 Å². The summed E-state index contributed by atoms with van der Waals surface area (Å²) in [5.41, 5.74) is 10.7. The average Bonchev–Trinajstić information content (AvgIpc) is 3.80. The van der Waals surface area contributed by atoms with Crippen LogP contribution in [0.5, 0.6) is 0 Å². The zero-order valence-electron chi connectivity index (χ0n) is 29.3. The minimum absolute atomic E-state index is 0.361. The van der Waals surface area contributed by atoms with Crippen molar-refractivity contribution < 1.29 is 4.42 Å². The zero-order chi connectivity index (χ0) is 35.3. The summed E-state index contributed by atoms with van der Waals surface area (Å²) in [6.07, 6.45) is 7.18. The van der Waals surface area contributed by atoms with Gasteiger partial charge in [-0.2, -0.15) is 0 Å². The van der Waals surface area contributed by atoms with Gasteiger partial charge in [0.15, 0.2) is 0 Å². The molecule has 0 amide bonds. The van der Waals surface area contributed by atoms with E-state index in [2.05, 4.69) is 182 Å². The maximum absolute atomic E-state index is 6.75. The molecule has 0 radical (unpaired) electrons. The van der Waals surface area contributed by atoms with Crippen LogP contribution in [0.2, 0.25) is 0 Å². The van der Waals surface area contributed by atoms with Gasteiger partial charge in [-0.05, 0) is 106 Å². The zero-order valence-corrected chi connectivity index (χ0v) is 30.1. The molecule has 1 aliphatic carbocycles. The van der Waals surface area contributed by atoms with Crippen molar-refractivity contribution in [2.75, 3.05) is 0 Å². The smallest absolute Gasteiger partial charge is 0.136 e. The molecule has 0 N–H and O–H groups in total. The SMILES string of the molecule is C1=CC2Sc3c(ccc4ccccc34)C2C=C1c1ccc2c(c1)oc1cc(-c3c4ccccc4c(-c4cccc5ccccc45)c4ccccc34)ccc12. The lowest BCUT2D eigenvalue weighted by Gasteiger charge is -2.19. The molecule has 2 atom stereocenters. The first-order valence-corrected chi connectivity index (χ1v) is 19.6. The number of fused-ring (bicyclic) bond motifs is 11. The molecule has 1 aliphatic heterocycles. The lowest BCUT2D eigenvalue weighted by atomic mass is 9.84. The second-order valence-corrected chi connectivity index (χ2v) is 15.9. The van der Waals surface area contributed by atoms with Crippen LogP contribution in [0, 0.1) is 0 Å².